The van der Waals surface area contributed by atoms with E-state index in [-0.39, 0.29) is 51.5 Å². The molecular weight excluding hydrogens is 564 g/mol. The van der Waals surface area contributed by atoms with E-state index in [0.29, 0.717) is 13.8 Å². The third-order valence-electron chi connectivity index (χ3n) is 5.33. The van der Waals surface area contributed by atoms with Gasteiger partial charge in [-0.15, -0.1) is 0 Å². The van der Waals surface area contributed by atoms with Crippen LogP contribution in [0.5, 0.6) is 5.75 Å². The lowest BCUT2D eigenvalue weighted by Crippen LogP contribution is -2.44. The number of anilines is 2. The van der Waals surface area contributed by atoms with Gasteiger partial charge in [0.25, 0.3) is 10.0 Å². The Labute approximate surface area is 220 Å². The third-order valence-corrected chi connectivity index (χ3v) is 7.84. The summed E-state index contributed by atoms with van der Waals surface area (Å²) >= 11 is 11.9. The number of hydrogen-bond donors (Lipinski definition) is 2. The zero-order valence-electron chi connectivity index (χ0n) is 19.3. The summed E-state index contributed by atoms with van der Waals surface area (Å²) in [7, 11) is -4.31. The van der Waals surface area contributed by atoms with Crippen molar-refractivity contribution in [1.82, 2.24) is 0 Å². The van der Waals surface area contributed by atoms with Crippen LogP contribution in [0.15, 0.2) is 41.3 Å². The number of rotatable bonds is 7. The number of fused-ring (bicyclic) bond motifs is 1. The van der Waals surface area contributed by atoms with Gasteiger partial charge in [-0.25, -0.2) is 13.2 Å². The highest BCUT2D eigenvalue weighted by molar-refractivity contribution is 7.92. The lowest BCUT2D eigenvalue weighted by molar-refractivity contribution is -0.242. The molecule has 1 aliphatic rings. The van der Waals surface area contributed by atoms with Gasteiger partial charge in [-0.05, 0) is 56.7 Å². The number of halogens is 5. The van der Waals surface area contributed by atoms with Crippen LogP contribution in [-0.2, 0) is 19.6 Å². The number of carbonyl (C=O) groups excluding carboxylic acids is 1. The Kier molecular flexibility index (Phi) is 8.11. The fourth-order valence-electron chi connectivity index (χ4n) is 3.25. The Hall–Kier alpha value is -2.90. The third kappa shape index (κ3) is 6.51. The topological polar surface area (TPSA) is 122 Å². The molecule has 2 aromatic rings. The van der Waals surface area contributed by atoms with E-state index < -0.39 is 40.0 Å². The molecule has 15 heteroatoms. The molecule has 0 radical (unpaired) electrons. The number of carboxylic acid groups (broad SMARTS) is 1. The summed E-state index contributed by atoms with van der Waals surface area (Å²) in [5.74, 6) is -1.06. The van der Waals surface area contributed by atoms with Gasteiger partial charge in [0, 0.05) is 12.1 Å². The number of ether oxygens (including phenoxy) is 2. The van der Waals surface area contributed by atoms with Gasteiger partial charge in [0.05, 0.1) is 27.2 Å². The zero-order chi connectivity index (χ0) is 27.8. The summed E-state index contributed by atoms with van der Waals surface area (Å²) in [6.45, 7) is 1.06. The van der Waals surface area contributed by atoms with Crippen LogP contribution >= 0.6 is 23.2 Å². The average Bonchev–Trinajstić information content (AvgIpc) is 2.77. The number of amides is 1. The molecule has 0 fully saturated rings. The van der Waals surface area contributed by atoms with Crippen molar-refractivity contribution < 1.29 is 45.8 Å². The van der Waals surface area contributed by atoms with E-state index in [9.17, 15) is 31.2 Å². The summed E-state index contributed by atoms with van der Waals surface area (Å²) in [4.78, 5) is 22.9. The van der Waals surface area contributed by atoms with Crippen LogP contribution in [0.3, 0.4) is 0 Å². The number of carboxylic acids is 1. The highest BCUT2D eigenvalue weighted by Gasteiger charge is 2.51. The van der Waals surface area contributed by atoms with Crippen LogP contribution < -0.4 is 14.4 Å². The summed E-state index contributed by atoms with van der Waals surface area (Å²) in [5, 5.41) is 11.3. The predicted molar refractivity (Wildman–Crippen MR) is 129 cm³/mol. The summed E-state index contributed by atoms with van der Waals surface area (Å²) < 4.78 is 77.4. The van der Waals surface area contributed by atoms with E-state index in [1.54, 1.807) is 0 Å². The molecule has 1 heterocycles. The van der Waals surface area contributed by atoms with Gasteiger partial charge in [-0.2, -0.15) is 13.2 Å². The van der Waals surface area contributed by atoms with Crippen molar-refractivity contribution in [2.45, 2.75) is 49.5 Å². The predicted octanol–water partition coefficient (Wildman–Crippen LogP) is 5.70. The van der Waals surface area contributed by atoms with Crippen molar-refractivity contribution in [3.8, 4) is 5.75 Å². The Morgan fingerprint density at radius 2 is 1.84 bits per heavy atom. The first kappa shape index (κ1) is 28.7. The van der Waals surface area contributed by atoms with Crippen molar-refractivity contribution >= 4 is 56.7 Å². The van der Waals surface area contributed by atoms with Crippen LogP contribution in [0.1, 0.15) is 26.7 Å². The van der Waals surface area contributed by atoms with E-state index >= 15 is 0 Å². The first-order valence-electron chi connectivity index (χ1n) is 10.6. The first-order chi connectivity index (χ1) is 17.0. The lowest BCUT2D eigenvalue weighted by Gasteiger charge is -2.35. The van der Waals surface area contributed by atoms with Crippen LogP contribution in [0.2, 0.25) is 10.0 Å². The number of benzene rings is 2. The SMILES string of the molecule is CC(C)(OC(=O)Nc1ccc2c(c1)N(S(=O)(=O)c1ccc(Cl)c(Cl)c1)C[C@H](CCC(=O)O)O2)C(F)(F)F. The molecule has 1 amide bonds. The Bertz CT molecular complexity index is 1320. The van der Waals surface area contributed by atoms with Crippen LogP contribution in [0.25, 0.3) is 0 Å². The molecule has 1 aliphatic heterocycles. The second-order valence-corrected chi connectivity index (χ2v) is 11.2. The van der Waals surface area contributed by atoms with Crippen molar-refractivity contribution in [3.63, 3.8) is 0 Å². The fraction of sp³-hybridized carbons (Fsp3) is 0.364. The minimum atomic E-state index is -4.83. The molecule has 37 heavy (non-hydrogen) atoms. The molecule has 202 valence electrons. The fourth-order valence-corrected chi connectivity index (χ4v) is 5.14. The maximum Gasteiger partial charge on any atom is 0.427 e. The second-order valence-electron chi connectivity index (χ2n) is 8.49. The summed E-state index contributed by atoms with van der Waals surface area (Å²) in [6, 6.07) is 7.40. The minimum absolute atomic E-state index is 0.0129. The minimum Gasteiger partial charge on any atom is -0.486 e. The highest BCUT2D eigenvalue weighted by atomic mass is 35.5. The molecule has 0 aliphatic carbocycles. The van der Waals surface area contributed by atoms with Crippen molar-refractivity contribution in [2.24, 2.45) is 0 Å². The van der Waals surface area contributed by atoms with Gasteiger partial charge in [0.15, 0.2) is 0 Å². The van der Waals surface area contributed by atoms with Crippen molar-refractivity contribution in [1.29, 1.82) is 0 Å². The molecular formula is C22H21Cl2F3N2O7S. The van der Waals surface area contributed by atoms with Crippen LogP contribution in [0, 0.1) is 0 Å². The normalized spacial score (nSPS) is 16.0. The number of carbonyl (C=O) groups is 2. The molecule has 0 saturated carbocycles. The largest absolute Gasteiger partial charge is 0.486 e. The van der Waals surface area contributed by atoms with Gasteiger partial charge in [0.1, 0.15) is 11.9 Å². The Morgan fingerprint density at radius 1 is 1.16 bits per heavy atom. The van der Waals surface area contributed by atoms with Crippen molar-refractivity contribution in [3.05, 3.63) is 46.4 Å². The lowest BCUT2D eigenvalue weighted by atomic mass is 10.1. The molecule has 2 aromatic carbocycles. The van der Waals surface area contributed by atoms with E-state index in [1.807, 2.05) is 0 Å². The van der Waals surface area contributed by atoms with Crippen LogP contribution in [0.4, 0.5) is 29.3 Å². The van der Waals surface area contributed by atoms with E-state index in [0.717, 1.165) is 10.4 Å². The number of aliphatic carboxylic acids is 1. The molecule has 0 bridgehead atoms. The van der Waals surface area contributed by atoms with E-state index in [2.05, 4.69) is 10.1 Å². The quantitative estimate of drug-likeness (QED) is 0.427. The first-order valence-corrected chi connectivity index (χ1v) is 12.8. The maximum atomic E-state index is 13.5. The number of nitrogens with zero attached hydrogens (tertiary/aromatic N) is 1. The van der Waals surface area contributed by atoms with E-state index in [1.165, 1.54) is 30.3 Å². The molecule has 0 unspecified atom stereocenters. The molecule has 0 aromatic heterocycles. The molecule has 9 nitrogen and oxygen atoms in total. The summed E-state index contributed by atoms with van der Waals surface area (Å²) in [5.41, 5.74) is -2.91. The average molecular weight is 585 g/mol. The smallest absolute Gasteiger partial charge is 0.427 e. The zero-order valence-corrected chi connectivity index (χ0v) is 21.6. The van der Waals surface area contributed by atoms with Gasteiger partial charge >= 0.3 is 18.2 Å². The van der Waals surface area contributed by atoms with Gasteiger partial charge in [-0.3, -0.25) is 14.4 Å². The molecule has 2 N–H and O–H groups in total. The number of hydrogen-bond acceptors (Lipinski definition) is 6. The van der Waals surface area contributed by atoms with Crippen molar-refractivity contribution in [2.75, 3.05) is 16.2 Å². The molecule has 0 spiro atoms. The van der Waals surface area contributed by atoms with Crippen LogP contribution in [-0.4, -0.2) is 50.0 Å². The number of alkyl halides is 3. The van der Waals surface area contributed by atoms with Gasteiger partial charge in [0.2, 0.25) is 5.60 Å². The molecule has 3 rings (SSSR count). The van der Waals surface area contributed by atoms with E-state index in [4.69, 9.17) is 33.0 Å². The summed E-state index contributed by atoms with van der Waals surface area (Å²) in [6.07, 6.45) is -7.39. The molecule has 1 atom stereocenters. The standard InChI is InChI=1S/C22H21Cl2F3N2O7S/c1-21(2,22(25,26)27)36-20(32)28-12-3-7-18-17(9-12)29(11-13(35-18)4-8-19(30)31)37(33,34)14-5-6-15(23)16(24)10-14/h3,5-7,9-10,13H,4,8,11H2,1-2H3,(H,28,32)(H,30,31)/t13-/m0/s1. The maximum absolute atomic E-state index is 13.5. The Balaban J connectivity index is 1.97. The highest BCUT2D eigenvalue weighted by Crippen LogP contribution is 2.40. The second kappa shape index (κ2) is 10.5. The van der Waals surface area contributed by atoms with Gasteiger partial charge in [-0.1, -0.05) is 23.2 Å². The Morgan fingerprint density at radius 3 is 2.43 bits per heavy atom. The molecule has 0 saturated heterocycles. The number of sulfonamides is 1. The van der Waals surface area contributed by atoms with Gasteiger partial charge < -0.3 is 14.6 Å². The monoisotopic (exact) mass is 584 g/mol. The number of nitrogens with one attached hydrogen (secondary N) is 1.